The van der Waals surface area contributed by atoms with E-state index in [0.29, 0.717) is 0 Å². The molecule has 0 fully saturated rings. The van der Waals surface area contributed by atoms with Crippen LogP contribution in [-0.2, 0) is 6.42 Å². The topological polar surface area (TPSA) is 32.3 Å². The first-order valence-corrected chi connectivity index (χ1v) is 7.30. The summed E-state index contributed by atoms with van der Waals surface area (Å²) < 4.78 is 0. The van der Waals surface area contributed by atoms with Crippen LogP contribution in [0.1, 0.15) is 51.0 Å². The lowest BCUT2D eigenvalue weighted by Gasteiger charge is -2.08. The Balaban J connectivity index is 2.20. The predicted octanol–water partition coefficient (Wildman–Crippen LogP) is 3.99. The van der Waals surface area contributed by atoms with Crippen LogP contribution in [0.15, 0.2) is 24.3 Å². The van der Waals surface area contributed by atoms with Gasteiger partial charge in [-0.25, -0.2) is 0 Å². The van der Waals surface area contributed by atoms with Crippen molar-refractivity contribution in [3.63, 3.8) is 0 Å². The smallest absolute Gasteiger partial charge is 0.0434 e. The van der Waals surface area contributed by atoms with E-state index in [0.717, 1.165) is 19.4 Å². The van der Waals surface area contributed by atoms with Crippen LogP contribution in [-0.4, -0.2) is 18.3 Å². The number of unbranched alkanes of at least 4 members (excludes halogenated alkanes) is 4. The molecule has 0 aliphatic heterocycles. The van der Waals surface area contributed by atoms with E-state index in [-0.39, 0.29) is 6.61 Å². The normalized spacial score (nSPS) is 10.6. The van der Waals surface area contributed by atoms with Gasteiger partial charge < -0.3 is 10.4 Å². The van der Waals surface area contributed by atoms with Crippen LogP contribution in [0.3, 0.4) is 0 Å². The highest BCUT2D eigenvalue weighted by Crippen LogP contribution is 2.12. The van der Waals surface area contributed by atoms with E-state index in [1.165, 1.54) is 43.4 Å². The minimum atomic E-state index is 0.273. The summed E-state index contributed by atoms with van der Waals surface area (Å²) in [5.74, 6) is 0. The number of aryl methyl sites for hydroxylation is 1. The number of aliphatic hydroxyl groups excluding tert-OH is 1. The number of hydrogen-bond acceptors (Lipinski definition) is 2. The van der Waals surface area contributed by atoms with Crippen molar-refractivity contribution in [2.24, 2.45) is 0 Å². The summed E-state index contributed by atoms with van der Waals surface area (Å²) in [7, 11) is 0. The van der Waals surface area contributed by atoms with E-state index in [1.807, 2.05) is 0 Å². The number of anilines is 1. The number of benzene rings is 1. The molecule has 2 heteroatoms. The van der Waals surface area contributed by atoms with Gasteiger partial charge in [0.25, 0.3) is 0 Å². The van der Waals surface area contributed by atoms with E-state index >= 15 is 0 Å². The quantitative estimate of drug-likeness (QED) is 0.614. The van der Waals surface area contributed by atoms with Gasteiger partial charge in [0.1, 0.15) is 0 Å². The van der Waals surface area contributed by atoms with E-state index in [9.17, 15) is 0 Å². The maximum atomic E-state index is 8.83. The molecule has 0 aromatic heterocycles. The molecule has 0 amide bonds. The van der Waals surface area contributed by atoms with Crippen LogP contribution in [0.2, 0.25) is 0 Å². The van der Waals surface area contributed by atoms with Gasteiger partial charge in [0.15, 0.2) is 0 Å². The van der Waals surface area contributed by atoms with Gasteiger partial charge in [0, 0.05) is 18.8 Å². The van der Waals surface area contributed by atoms with Gasteiger partial charge >= 0.3 is 0 Å². The summed E-state index contributed by atoms with van der Waals surface area (Å²) in [5.41, 5.74) is 2.51. The fraction of sp³-hybridized carbons (Fsp3) is 0.625. The SMILES string of the molecule is CCCCCCCNc1cccc(CCCO)c1. The molecule has 2 nitrogen and oxygen atoms in total. The van der Waals surface area contributed by atoms with Crippen molar-refractivity contribution >= 4 is 5.69 Å². The van der Waals surface area contributed by atoms with Gasteiger partial charge in [-0.3, -0.25) is 0 Å². The summed E-state index contributed by atoms with van der Waals surface area (Å²) in [6.45, 7) is 3.58. The van der Waals surface area contributed by atoms with Gasteiger partial charge in [-0.15, -0.1) is 0 Å². The molecule has 0 saturated heterocycles. The summed E-state index contributed by atoms with van der Waals surface area (Å²) in [5, 5.41) is 12.3. The third-order valence-corrected chi connectivity index (χ3v) is 3.16. The van der Waals surface area contributed by atoms with Gasteiger partial charge in [0.05, 0.1) is 0 Å². The van der Waals surface area contributed by atoms with Crippen molar-refractivity contribution in [2.45, 2.75) is 51.9 Å². The van der Waals surface area contributed by atoms with Crippen LogP contribution in [0, 0.1) is 0 Å². The van der Waals surface area contributed by atoms with Crippen LogP contribution in [0.5, 0.6) is 0 Å². The fourth-order valence-electron chi connectivity index (χ4n) is 2.08. The van der Waals surface area contributed by atoms with Crippen molar-refractivity contribution < 1.29 is 5.11 Å². The Bertz CT molecular complexity index is 312. The predicted molar refractivity (Wildman–Crippen MR) is 79.1 cm³/mol. The van der Waals surface area contributed by atoms with Gasteiger partial charge in [-0.2, -0.15) is 0 Å². The zero-order valence-corrected chi connectivity index (χ0v) is 11.6. The Kier molecular flexibility index (Phi) is 8.32. The third kappa shape index (κ3) is 6.65. The Hall–Kier alpha value is -1.02. The van der Waals surface area contributed by atoms with Gasteiger partial charge in [-0.05, 0) is 37.0 Å². The minimum Gasteiger partial charge on any atom is -0.396 e. The summed E-state index contributed by atoms with van der Waals surface area (Å²) in [6.07, 6.45) is 8.40. The maximum absolute atomic E-state index is 8.83. The fourth-order valence-corrected chi connectivity index (χ4v) is 2.08. The Morgan fingerprint density at radius 3 is 2.67 bits per heavy atom. The van der Waals surface area contributed by atoms with Crippen LogP contribution in [0.25, 0.3) is 0 Å². The standard InChI is InChI=1S/C16H27NO/c1-2-3-4-5-6-12-17-16-11-7-9-15(14-16)10-8-13-18/h7,9,11,14,17-18H,2-6,8,10,12-13H2,1H3. The molecule has 0 atom stereocenters. The molecule has 0 heterocycles. The van der Waals surface area contributed by atoms with E-state index in [1.54, 1.807) is 0 Å². The molecule has 0 radical (unpaired) electrons. The zero-order valence-electron chi connectivity index (χ0n) is 11.6. The van der Waals surface area contributed by atoms with E-state index in [4.69, 9.17) is 5.11 Å². The second-order valence-corrected chi connectivity index (χ2v) is 4.87. The molecule has 0 bridgehead atoms. The number of rotatable bonds is 10. The van der Waals surface area contributed by atoms with E-state index in [2.05, 4.69) is 36.5 Å². The first-order valence-electron chi connectivity index (χ1n) is 7.30. The molecule has 2 N–H and O–H groups in total. The summed E-state index contributed by atoms with van der Waals surface area (Å²) in [6, 6.07) is 8.53. The maximum Gasteiger partial charge on any atom is 0.0434 e. The van der Waals surface area contributed by atoms with Crippen LogP contribution in [0.4, 0.5) is 5.69 Å². The molecule has 0 aliphatic rings. The highest BCUT2D eigenvalue weighted by Gasteiger charge is 1.96. The van der Waals surface area contributed by atoms with E-state index < -0.39 is 0 Å². The highest BCUT2D eigenvalue weighted by atomic mass is 16.2. The number of nitrogens with one attached hydrogen (secondary N) is 1. The Labute approximate surface area is 111 Å². The molecule has 18 heavy (non-hydrogen) atoms. The van der Waals surface area contributed by atoms with Gasteiger partial charge in [0.2, 0.25) is 0 Å². The molecule has 0 aliphatic carbocycles. The lowest BCUT2D eigenvalue weighted by molar-refractivity contribution is 0.288. The Morgan fingerprint density at radius 2 is 1.89 bits per heavy atom. The highest BCUT2D eigenvalue weighted by molar-refractivity contribution is 5.45. The zero-order chi connectivity index (χ0) is 13.1. The lowest BCUT2D eigenvalue weighted by atomic mass is 10.1. The number of aliphatic hydroxyl groups is 1. The van der Waals surface area contributed by atoms with Crippen LogP contribution < -0.4 is 5.32 Å². The molecule has 0 unspecified atom stereocenters. The van der Waals surface area contributed by atoms with Crippen LogP contribution >= 0.6 is 0 Å². The van der Waals surface area contributed by atoms with Crippen molar-refractivity contribution in [2.75, 3.05) is 18.5 Å². The monoisotopic (exact) mass is 249 g/mol. The van der Waals surface area contributed by atoms with Crippen molar-refractivity contribution in [1.29, 1.82) is 0 Å². The summed E-state index contributed by atoms with van der Waals surface area (Å²) >= 11 is 0. The second kappa shape index (κ2) is 9.95. The molecule has 1 rings (SSSR count). The molecular formula is C16H27NO. The van der Waals surface area contributed by atoms with Gasteiger partial charge in [-0.1, -0.05) is 44.7 Å². The van der Waals surface area contributed by atoms with Crippen molar-refractivity contribution in [3.05, 3.63) is 29.8 Å². The largest absolute Gasteiger partial charge is 0.396 e. The average molecular weight is 249 g/mol. The molecule has 0 saturated carbocycles. The third-order valence-electron chi connectivity index (χ3n) is 3.16. The second-order valence-electron chi connectivity index (χ2n) is 4.87. The summed E-state index contributed by atoms with van der Waals surface area (Å²) in [4.78, 5) is 0. The number of hydrogen-bond donors (Lipinski definition) is 2. The lowest BCUT2D eigenvalue weighted by Crippen LogP contribution is -2.02. The Morgan fingerprint density at radius 1 is 1.06 bits per heavy atom. The minimum absolute atomic E-state index is 0.273. The average Bonchev–Trinajstić information content (AvgIpc) is 2.41. The molecule has 0 spiro atoms. The molecule has 1 aromatic carbocycles. The van der Waals surface area contributed by atoms with Crippen molar-refractivity contribution in [3.8, 4) is 0 Å². The first-order chi connectivity index (χ1) is 8.86. The first kappa shape index (κ1) is 15.0. The molecule has 1 aromatic rings. The van der Waals surface area contributed by atoms with Crippen molar-refractivity contribution in [1.82, 2.24) is 0 Å². The molecule has 102 valence electrons. The molecular weight excluding hydrogens is 222 g/mol.